The van der Waals surface area contributed by atoms with Gasteiger partial charge in [0.25, 0.3) is 0 Å². The predicted octanol–water partition coefficient (Wildman–Crippen LogP) is 2.22. The summed E-state index contributed by atoms with van der Waals surface area (Å²) in [6.07, 6.45) is 1.46. The van der Waals surface area contributed by atoms with E-state index < -0.39 is 0 Å². The number of nitrogens with two attached hydrogens (primary N) is 1. The number of aryl methyl sites for hydroxylation is 1. The van der Waals surface area contributed by atoms with E-state index in [1.165, 1.54) is 6.33 Å². The standard InChI is InChI=1S/C10H12BrN5S/c1-6-15-7(4-17-6)3-16(2)10-8(11)9(12)13-5-14-10/h4-5H,3H2,1-2H3,(H2,12,13,14). The van der Waals surface area contributed by atoms with Gasteiger partial charge in [0.1, 0.15) is 22.4 Å². The van der Waals surface area contributed by atoms with Gasteiger partial charge >= 0.3 is 0 Å². The molecule has 0 fully saturated rings. The van der Waals surface area contributed by atoms with Crippen molar-refractivity contribution < 1.29 is 0 Å². The molecule has 5 nitrogen and oxygen atoms in total. The van der Waals surface area contributed by atoms with Crippen LogP contribution in [-0.2, 0) is 6.54 Å². The molecule has 0 unspecified atom stereocenters. The Hall–Kier alpha value is -1.21. The summed E-state index contributed by atoms with van der Waals surface area (Å²) in [5.41, 5.74) is 6.74. The molecule has 0 aliphatic carbocycles. The zero-order chi connectivity index (χ0) is 12.4. The van der Waals surface area contributed by atoms with Crippen molar-refractivity contribution in [2.24, 2.45) is 0 Å². The molecule has 90 valence electrons. The van der Waals surface area contributed by atoms with Crippen molar-refractivity contribution in [2.75, 3.05) is 17.7 Å². The molecule has 0 saturated heterocycles. The van der Waals surface area contributed by atoms with Gasteiger partial charge in [0, 0.05) is 12.4 Å². The Kier molecular flexibility index (Phi) is 3.58. The monoisotopic (exact) mass is 313 g/mol. The van der Waals surface area contributed by atoms with Crippen LogP contribution in [0.2, 0.25) is 0 Å². The zero-order valence-electron chi connectivity index (χ0n) is 9.51. The lowest BCUT2D eigenvalue weighted by Gasteiger charge is -2.18. The van der Waals surface area contributed by atoms with Crippen molar-refractivity contribution in [1.29, 1.82) is 0 Å². The molecule has 0 amide bonds. The number of hydrogen-bond acceptors (Lipinski definition) is 6. The van der Waals surface area contributed by atoms with Crippen LogP contribution in [0.25, 0.3) is 0 Å². The number of aromatic nitrogens is 3. The van der Waals surface area contributed by atoms with E-state index in [1.54, 1.807) is 11.3 Å². The molecule has 2 rings (SSSR count). The Morgan fingerprint density at radius 2 is 2.24 bits per heavy atom. The highest BCUT2D eigenvalue weighted by Crippen LogP contribution is 2.27. The topological polar surface area (TPSA) is 67.9 Å². The third kappa shape index (κ3) is 2.73. The van der Waals surface area contributed by atoms with Crippen molar-refractivity contribution in [1.82, 2.24) is 15.0 Å². The summed E-state index contributed by atoms with van der Waals surface area (Å²) in [6.45, 7) is 2.69. The van der Waals surface area contributed by atoms with Gasteiger partial charge in [0.2, 0.25) is 0 Å². The first-order valence-corrected chi connectivity index (χ1v) is 6.63. The molecular formula is C10H12BrN5S. The molecule has 0 aromatic carbocycles. The van der Waals surface area contributed by atoms with Crippen LogP contribution in [-0.4, -0.2) is 22.0 Å². The first kappa shape index (κ1) is 12.3. The Bertz CT molecular complexity index is 527. The lowest BCUT2D eigenvalue weighted by Crippen LogP contribution is -2.19. The molecule has 2 heterocycles. The molecule has 0 aliphatic heterocycles. The van der Waals surface area contributed by atoms with Gasteiger partial charge in [-0.15, -0.1) is 11.3 Å². The van der Waals surface area contributed by atoms with Gasteiger partial charge in [-0.2, -0.15) is 0 Å². The van der Waals surface area contributed by atoms with E-state index in [1.807, 2.05) is 24.3 Å². The fourth-order valence-corrected chi connectivity index (χ4v) is 2.55. The largest absolute Gasteiger partial charge is 0.383 e. The van der Waals surface area contributed by atoms with E-state index in [0.717, 1.165) is 21.0 Å². The highest BCUT2D eigenvalue weighted by molar-refractivity contribution is 9.10. The number of nitrogen functional groups attached to an aromatic ring is 1. The van der Waals surface area contributed by atoms with Crippen molar-refractivity contribution in [3.05, 3.63) is 26.9 Å². The predicted molar refractivity (Wildman–Crippen MR) is 73.1 cm³/mol. The quantitative estimate of drug-likeness (QED) is 0.941. The number of rotatable bonds is 3. The molecule has 17 heavy (non-hydrogen) atoms. The van der Waals surface area contributed by atoms with Gasteiger partial charge in [-0.1, -0.05) is 0 Å². The molecule has 0 saturated carbocycles. The summed E-state index contributed by atoms with van der Waals surface area (Å²) >= 11 is 5.03. The lowest BCUT2D eigenvalue weighted by molar-refractivity contribution is 0.862. The average Bonchev–Trinajstić information content (AvgIpc) is 2.68. The minimum atomic E-state index is 0.441. The van der Waals surface area contributed by atoms with Crippen LogP contribution in [0.5, 0.6) is 0 Å². The van der Waals surface area contributed by atoms with Crippen LogP contribution in [0.4, 0.5) is 11.6 Å². The highest BCUT2D eigenvalue weighted by atomic mass is 79.9. The average molecular weight is 314 g/mol. The Morgan fingerprint density at radius 3 is 2.88 bits per heavy atom. The second kappa shape index (κ2) is 4.97. The smallest absolute Gasteiger partial charge is 0.148 e. The van der Waals surface area contributed by atoms with Crippen LogP contribution in [0.15, 0.2) is 16.2 Å². The molecule has 0 aliphatic rings. The minimum absolute atomic E-state index is 0.441. The van der Waals surface area contributed by atoms with Crippen molar-refractivity contribution in [3.8, 4) is 0 Å². The summed E-state index contributed by atoms with van der Waals surface area (Å²) in [4.78, 5) is 14.5. The van der Waals surface area contributed by atoms with E-state index in [0.29, 0.717) is 12.4 Å². The van der Waals surface area contributed by atoms with Crippen LogP contribution < -0.4 is 10.6 Å². The van der Waals surface area contributed by atoms with E-state index >= 15 is 0 Å². The Morgan fingerprint density at radius 1 is 1.47 bits per heavy atom. The third-order valence-corrected chi connectivity index (χ3v) is 3.81. The van der Waals surface area contributed by atoms with Gasteiger partial charge in [0.05, 0.1) is 17.2 Å². The second-order valence-corrected chi connectivity index (χ2v) is 5.47. The maximum atomic E-state index is 5.72. The number of anilines is 2. The molecule has 0 atom stereocenters. The molecule has 2 N–H and O–H groups in total. The van der Waals surface area contributed by atoms with E-state index in [4.69, 9.17) is 5.73 Å². The SMILES string of the molecule is Cc1nc(CN(C)c2ncnc(N)c2Br)cs1. The van der Waals surface area contributed by atoms with Gasteiger partial charge < -0.3 is 10.6 Å². The fraction of sp³-hybridized carbons (Fsp3) is 0.300. The number of hydrogen-bond donors (Lipinski definition) is 1. The van der Waals surface area contributed by atoms with Gasteiger partial charge in [-0.25, -0.2) is 15.0 Å². The molecule has 7 heteroatoms. The summed E-state index contributed by atoms with van der Waals surface area (Å²) in [5.74, 6) is 1.21. The van der Waals surface area contributed by atoms with Crippen LogP contribution >= 0.6 is 27.3 Å². The van der Waals surface area contributed by atoms with Gasteiger partial charge in [-0.05, 0) is 22.9 Å². The molecule has 2 aromatic heterocycles. The normalized spacial score (nSPS) is 10.5. The van der Waals surface area contributed by atoms with Gasteiger partial charge in [-0.3, -0.25) is 0 Å². The Balaban J connectivity index is 2.20. The first-order valence-electron chi connectivity index (χ1n) is 4.96. The highest BCUT2D eigenvalue weighted by Gasteiger charge is 2.12. The van der Waals surface area contributed by atoms with Crippen molar-refractivity contribution >= 4 is 38.9 Å². The number of halogens is 1. The summed E-state index contributed by atoms with van der Waals surface area (Å²) in [6, 6.07) is 0. The Labute approximate surface area is 112 Å². The van der Waals surface area contributed by atoms with Gasteiger partial charge in [0.15, 0.2) is 0 Å². The molecule has 0 bridgehead atoms. The second-order valence-electron chi connectivity index (χ2n) is 3.61. The van der Waals surface area contributed by atoms with E-state index in [2.05, 4.69) is 30.9 Å². The zero-order valence-corrected chi connectivity index (χ0v) is 11.9. The lowest BCUT2D eigenvalue weighted by atomic mass is 10.4. The molecule has 0 spiro atoms. The maximum absolute atomic E-state index is 5.72. The summed E-state index contributed by atoms with van der Waals surface area (Å²) in [7, 11) is 1.95. The van der Waals surface area contributed by atoms with E-state index in [-0.39, 0.29) is 0 Å². The summed E-state index contributed by atoms with van der Waals surface area (Å²) in [5, 5.41) is 3.11. The van der Waals surface area contributed by atoms with E-state index in [9.17, 15) is 0 Å². The molecule has 2 aromatic rings. The minimum Gasteiger partial charge on any atom is -0.383 e. The van der Waals surface area contributed by atoms with Crippen molar-refractivity contribution in [2.45, 2.75) is 13.5 Å². The molecule has 0 radical (unpaired) electrons. The van der Waals surface area contributed by atoms with Crippen LogP contribution in [0.1, 0.15) is 10.7 Å². The first-order chi connectivity index (χ1) is 8.08. The van der Waals surface area contributed by atoms with Crippen molar-refractivity contribution in [3.63, 3.8) is 0 Å². The third-order valence-electron chi connectivity index (χ3n) is 2.23. The fourth-order valence-electron chi connectivity index (χ4n) is 1.44. The number of thiazole rings is 1. The van der Waals surface area contributed by atoms with Crippen LogP contribution in [0, 0.1) is 6.92 Å². The molecular weight excluding hydrogens is 302 g/mol. The number of nitrogens with zero attached hydrogens (tertiary/aromatic N) is 4. The maximum Gasteiger partial charge on any atom is 0.148 e. The summed E-state index contributed by atoms with van der Waals surface area (Å²) < 4.78 is 0.717. The van der Waals surface area contributed by atoms with Crippen LogP contribution in [0.3, 0.4) is 0 Å².